The molecule has 1 aliphatic heterocycles. The van der Waals surface area contributed by atoms with Crippen molar-refractivity contribution in [1.29, 1.82) is 0 Å². The van der Waals surface area contributed by atoms with Gasteiger partial charge in [-0.1, -0.05) is 12.1 Å². The molecule has 0 spiro atoms. The Hall–Kier alpha value is -1.46. The second-order valence-electron chi connectivity index (χ2n) is 7.19. The second-order valence-corrected chi connectivity index (χ2v) is 7.19. The van der Waals surface area contributed by atoms with Gasteiger partial charge in [0.25, 0.3) is 5.69 Å². The van der Waals surface area contributed by atoms with Crippen molar-refractivity contribution in [2.75, 3.05) is 13.1 Å². The Labute approximate surface area is 132 Å². The fraction of sp³-hybridized carbons (Fsp3) is 0.647. The van der Waals surface area contributed by atoms with E-state index < -0.39 is 0 Å². The quantitative estimate of drug-likeness (QED) is 0.685. The highest BCUT2D eigenvalue weighted by Gasteiger charge is 2.26. The van der Waals surface area contributed by atoms with Gasteiger partial charge in [0.2, 0.25) is 0 Å². The van der Waals surface area contributed by atoms with Crippen LogP contribution in [0.3, 0.4) is 0 Å². The maximum absolute atomic E-state index is 11.0. The summed E-state index contributed by atoms with van der Waals surface area (Å²) in [4.78, 5) is 13.2. The Kier molecular flexibility index (Phi) is 5.19. The van der Waals surface area contributed by atoms with Crippen LogP contribution >= 0.6 is 0 Å². The summed E-state index contributed by atoms with van der Waals surface area (Å²) in [6.07, 6.45) is 2.26. The van der Waals surface area contributed by atoms with Crippen molar-refractivity contribution in [3.8, 4) is 0 Å². The van der Waals surface area contributed by atoms with E-state index in [4.69, 9.17) is 0 Å². The molecule has 1 N–H and O–H groups in total. The average Bonchev–Trinajstić information content (AvgIpc) is 2.45. The number of nitro groups is 1. The molecule has 1 heterocycles. The maximum atomic E-state index is 11.0. The maximum Gasteiger partial charge on any atom is 0.272 e. The molecule has 0 aliphatic carbocycles. The number of rotatable bonds is 4. The second kappa shape index (κ2) is 6.75. The summed E-state index contributed by atoms with van der Waals surface area (Å²) in [6.45, 7) is 11.5. The van der Waals surface area contributed by atoms with Crippen LogP contribution in [0, 0.1) is 17.0 Å². The molecule has 0 unspecified atom stereocenters. The third-order valence-corrected chi connectivity index (χ3v) is 4.51. The Morgan fingerprint density at radius 1 is 1.32 bits per heavy atom. The van der Waals surface area contributed by atoms with Crippen LogP contribution in [0.1, 0.15) is 44.7 Å². The first-order chi connectivity index (χ1) is 10.3. The molecule has 5 nitrogen and oxygen atoms in total. The zero-order valence-corrected chi connectivity index (χ0v) is 14.1. The van der Waals surface area contributed by atoms with E-state index in [-0.39, 0.29) is 16.1 Å². The lowest BCUT2D eigenvalue weighted by Gasteiger charge is -2.41. The molecule has 122 valence electrons. The molecule has 0 radical (unpaired) electrons. The Morgan fingerprint density at radius 2 is 1.95 bits per heavy atom. The summed E-state index contributed by atoms with van der Waals surface area (Å²) in [5.74, 6) is 0. The van der Waals surface area contributed by atoms with Crippen molar-refractivity contribution in [3.05, 3.63) is 39.4 Å². The summed E-state index contributed by atoms with van der Waals surface area (Å²) >= 11 is 0. The molecule has 0 aromatic heterocycles. The monoisotopic (exact) mass is 305 g/mol. The van der Waals surface area contributed by atoms with Crippen molar-refractivity contribution in [3.63, 3.8) is 0 Å². The number of aryl methyl sites for hydroxylation is 1. The van der Waals surface area contributed by atoms with Crippen molar-refractivity contribution in [2.24, 2.45) is 0 Å². The van der Waals surface area contributed by atoms with Crippen LogP contribution in [0.2, 0.25) is 0 Å². The van der Waals surface area contributed by atoms with Crippen LogP contribution in [0.5, 0.6) is 0 Å². The van der Waals surface area contributed by atoms with Crippen molar-refractivity contribution >= 4 is 5.69 Å². The number of nitro benzene ring substituents is 1. The summed E-state index contributed by atoms with van der Waals surface area (Å²) in [6, 6.07) is 5.99. The van der Waals surface area contributed by atoms with Gasteiger partial charge in [0, 0.05) is 42.8 Å². The average molecular weight is 305 g/mol. The summed E-state index contributed by atoms with van der Waals surface area (Å²) in [7, 11) is 0. The largest absolute Gasteiger partial charge is 0.310 e. The van der Waals surface area contributed by atoms with Gasteiger partial charge in [0.1, 0.15) is 0 Å². The van der Waals surface area contributed by atoms with Crippen molar-refractivity contribution in [1.82, 2.24) is 10.2 Å². The molecule has 5 heteroatoms. The first-order valence-electron chi connectivity index (χ1n) is 8.00. The zero-order valence-electron chi connectivity index (χ0n) is 14.1. The van der Waals surface area contributed by atoms with Gasteiger partial charge in [-0.2, -0.15) is 0 Å². The predicted octanol–water partition coefficient (Wildman–Crippen LogP) is 3.26. The van der Waals surface area contributed by atoms with Gasteiger partial charge in [-0.15, -0.1) is 0 Å². The molecule has 2 rings (SSSR count). The van der Waals surface area contributed by atoms with E-state index in [0.29, 0.717) is 18.2 Å². The van der Waals surface area contributed by atoms with Gasteiger partial charge in [-0.05, 0) is 46.1 Å². The van der Waals surface area contributed by atoms with Crippen LogP contribution in [0.4, 0.5) is 5.69 Å². The molecule has 1 aromatic rings. The van der Waals surface area contributed by atoms with Crippen LogP contribution in [-0.2, 0) is 6.54 Å². The normalized spacial score (nSPS) is 17.6. The molecule has 1 aromatic carbocycles. The Balaban J connectivity index is 1.87. The van der Waals surface area contributed by atoms with E-state index in [2.05, 4.69) is 31.0 Å². The SMILES string of the molecule is Cc1ccc(CNC2CCN(C(C)(C)C)CC2)cc1[N+](=O)[O-]. The fourth-order valence-electron chi connectivity index (χ4n) is 2.98. The van der Waals surface area contributed by atoms with E-state index >= 15 is 0 Å². The summed E-state index contributed by atoms with van der Waals surface area (Å²) in [5.41, 5.74) is 2.15. The molecular weight excluding hydrogens is 278 g/mol. The molecule has 1 saturated heterocycles. The minimum Gasteiger partial charge on any atom is -0.310 e. The standard InChI is InChI=1S/C17H27N3O2/c1-13-5-6-14(11-16(13)20(21)22)12-18-15-7-9-19(10-8-15)17(2,3)4/h5-6,11,15,18H,7-10,12H2,1-4H3. The van der Waals surface area contributed by atoms with E-state index in [1.807, 2.05) is 12.1 Å². The number of nitrogens with one attached hydrogen (secondary N) is 1. The van der Waals surface area contributed by atoms with Gasteiger partial charge < -0.3 is 5.32 Å². The first kappa shape index (κ1) is 16.9. The lowest BCUT2D eigenvalue weighted by molar-refractivity contribution is -0.385. The van der Waals surface area contributed by atoms with Crippen LogP contribution in [-0.4, -0.2) is 34.5 Å². The third kappa shape index (κ3) is 4.27. The van der Waals surface area contributed by atoms with Gasteiger partial charge in [-0.3, -0.25) is 15.0 Å². The van der Waals surface area contributed by atoms with Crippen molar-refractivity contribution < 1.29 is 4.92 Å². The van der Waals surface area contributed by atoms with Gasteiger partial charge in [0.15, 0.2) is 0 Å². The molecule has 0 amide bonds. The lowest BCUT2D eigenvalue weighted by Crippen LogP contribution is -2.49. The van der Waals surface area contributed by atoms with Crippen molar-refractivity contribution in [2.45, 2.75) is 58.7 Å². The predicted molar refractivity (Wildman–Crippen MR) is 89.0 cm³/mol. The molecule has 1 aliphatic rings. The van der Waals surface area contributed by atoms with Crippen LogP contribution < -0.4 is 5.32 Å². The van der Waals surface area contributed by atoms with E-state index in [9.17, 15) is 10.1 Å². The van der Waals surface area contributed by atoms with E-state index in [1.165, 1.54) is 0 Å². The molecule has 0 saturated carbocycles. The third-order valence-electron chi connectivity index (χ3n) is 4.51. The summed E-state index contributed by atoms with van der Waals surface area (Å²) < 4.78 is 0. The van der Waals surface area contributed by atoms with Gasteiger partial charge in [-0.25, -0.2) is 0 Å². The lowest BCUT2D eigenvalue weighted by atomic mass is 9.98. The number of piperidine rings is 1. The smallest absolute Gasteiger partial charge is 0.272 e. The van der Waals surface area contributed by atoms with Crippen LogP contribution in [0.15, 0.2) is 18.2 Å². The number of likely N-dealkylation sites (tertiary alicyclic amines) is 1. The van der Waals surface area contributed by atoms with E-state index in [1.54, 1.807) is 13.0 Å². The molecule has 0 atom stereocenters. The Bertz CT molecular complexity index is 529. The summed E-state index contributed by atoms with van der Waals surface area (Å²) in [5, 5.41) is 14.5. The minimum absolute atomic E-state index is 0.210. The molecular formula is C17H27N3O2. The number of hydrogen-bond donors (Lipinski definition) is 1. The molecule has 1 fully saturated rings. The highest BCUT2D eigenvalue weighted by atomic mass is 16.6. The number of benzene rings is 1. The van der Waals surface area contributed by atoms with Gasteiger partial charge >= 0.3 is 0 Å². The van der Waals surface area contributed by atoms with Gasteiger partial charge in [0.05, 0.1) is 4.92 Å². The van der Waals surface area contributed by atoms with Crippen LogP contribution in [0.25, 0.3) is 0 Å². The van der Waals surface area contributed by atoms with E-state index in [0.717, 1.165) is 31.5 Å². The fourth-order valence-corrected chi connectivity index (χ4v) is 2.98. The topological polar surface area (TPSA) is 58.4 Å². The highest BCUT2D eigenvalue weighted by Crippen LogP contribution is 2.22. The highest BCUT2D eigenvalue weighted by molar-refractivity contribution is 5.42. The zero-order chi connectivity index (χ0) is 16.3. The number of nitrogens with zero attached hydrogens (tertiary/aromatic N) is 2. The Morgan fingerprint density at radius 3 is 2.50 bits per heavy atom. The number of hydrogen-bond acceptors (Lipinski definition) is 4. The first-order valence-corrected chi connectivity index (χ1v) is 8.00. The minimum atomic E-state index is -0.305. The molecule has 0 bridgehead atoms. The molecule has 22 heavy (non-hydrogen) atoms.